The molecule has 1 aromatic carbocycles. The van der Waals surface area contributed by atoms with Gasteiger partial charge in [0.2, 0.25) is 11.8 Å². The number of ketones is 1. The molecule has 2 heterocycles. The first-order valence-electron chi connectivity index (χ1n) is 8.45. The molecule has 6 rings (SSSR count). The molecule has 4 atom stereocenters. The molecule has 4 aliphatic rings. The predicted molar refractivity (Wildman–Crippen MR) is 86.3 cm³/mol. The molecule has 2 amide bonds. The lowest BCUT2D eigenvalue weighted by Gasteiger charge is -2.41. The van der Waals surface area contributed by atoms with E-state index in [1.807, 2.05) is 19.1 Å². The van der Waals surface area contributed by atoms with Crippen LogP contribution in [-0.4, -0.2) is 17.6 Å². The number of Topliss-reactive ketones (excluding diaryl/α,β-unsaturated/α-hetero) is 1. The third-order valence-corrected chi connectivity index (χ3v) is 5.95. The smallest absolute Gasteiger partial charge is 0.238 e. The molecular formula is C19H17NO4. The van der Waals surface area contributed by atoms with Crippen molar-refractivity contribution < 1.29 is 18.8 Å². The molecule has 4 fully saturated rings. The van der Waals surface area contributed by atoms with Crippen molar-refractivity contribution in [2.45, 2.75) is 26.2 Å². The SMILES string of the molecule is Cc1cc2cc(N3C(=O)[C@H]4[C@@H]5CC[C@@H](C(=O)C5)[C@H]4C3=O)ccc2o1. The third-order valence-electron chi connectivity index (χ3n) is 5.95. The van der Waals surface area contributed by atoms with Crippen molar-refractivity contribution in [3.8, 4) is 0 Å². The van der Waals surface area contributed by atoms with Crippen molar-refractivity contribution in [3.63, 3.8) is 0 Å². The molecular weight excluding hydrogens is 306 g/mol. The van der Waals surface area contributed by atoms with Gasteiger partial charge in [-0.05, 0) is 49.9 Å². The quantitative estimate of drug-likeness (QED) is 0.757. The van der Waals surface area contributed by atoms with Crippen LogP contribution in [0.25, 0.3) is 11.0 Å². The summed E-state index contributed by atoms with van der Waals surface area (Å²) in [4.78, 5) is 39.4. The number of carbonyl (C=O) groups is 3. The summed E-state index contributed by atoms with van der Waals surface area (Å²) in [6.07, 6.45) is 2.08. The van der Waals surface area contributed by atoms with E-state index in [2.05, 4.69) is 0 Å². The van der Waals surface area contributed by atoms with Crippen molar-refractivity contribution in [3.05, 3.63) is 30.0 Å². The Hall–Kier alpha value is -2.43. The number of hydrogen-bond donors (Lipinski definition) is 0. The number of furan rings is 1. The second-order valence-corrected chi connectivity index (χ2v) is 7.26. The number of aryl methyl sites for hydroxylation is 1. The molecule has 2 aromatic rings. The van der Waals surface area contributed by atoms with Gasteiger partial charge in [0.15, 0.2) is 0 Å². The molecule has 24 heavy (non-hydrogen) atoms. The van der Waals surface area contributed by atoms with Crippen LogP contribution in [0, 0.1) is 30.6 Å². The van der Waals surface area contributed by atoms with Crippen molar-refractivity contribution in [2.24, 2.45) is 23.7 Å². The highest BCUT2D eigenvalue weighted by Crippen LogP contribution is 2.52. The standard InChI is InChI=1S/C19H17NO4/c1-9-6-11-7-12(3-5-15(11)24-9)20-18(22)16-10-2-4-13(14(21)8-10)17(16)19(20)23/h3,5-7,10,13,16-17H,2,4,8H2,1H3/t10-,13+,16+,17-/m1/s1. The van der Waals surface area contributed by atoms with Crippen LogP contribution < -0.4 is 4.90 Å². The number of amides is 2. The Balaban J connectivity index is 1.59. The fourth-order valence-electron chi connectivity index (χ4n) is 4.94. The van der Waals surface area contributed by atoms with Gasteiger partial charge in [0.1, 0.15) is 17.1 Å². The van der Waals surface area contributed by atoms with Gasteiger partial charge in [-0.1, -0.05) is 0 Å². The maximum atomic E-state index is 13.0. The number of nitrogens with zero attached hydrogens (tertiary/aromatic N) is 1. The third kappa shape index (κ3) is 1.67. The van der Waals surface area contributed by atoms with E-state index in [9.17, 15) is 14.4 Å². The Morgan fingerprint density at radius 1 is 1.04 bits per heavy atom. The molecule has 5 nitrogen and oxygen atoms in total. The second kappa shape index (κ2) is 4.56. The van der Waals surface area contributed by atoms with Crippen LogP contribution in [0.2, 0.25) is 0 Å². The van der Waals surface area contributed by atoms with Gasteiger partial charge in [0, 0.05) is 17.7 Å². The molecule has 0 N–H and O–H groups in total. The zero-order chi connectivity index (χ0) is 16.6. The highest BCUT2D eigenvalue weighted by molar-refractivity contribution is 6.24. The predicted octanol–water partition coefficient (Wildman–Crippen LogP) is 2.85. The van der Waals surface area contributed by atoms with Crippen LogP contribution in [0.5, 0.6) is 0 Å². The number of benzene rings is 1. The zero-order valence-corrected chi connectivity index (χ0v) is 13.3. The van der Waals surface area contributed by atoms with Crippen molar-refractivity contribution in [1.82, 2.24) is 0 Å². The van der Waals surface area contributed by atoms with E-state index in [0.717, 1.165) is 29.6 Å². The summed E-state index contributed by atoms with van der Waals surface area (Å²) < 4.78 is 5.56. The summed E-state index contributed by atoms with van der Waals surface area (Å²) in [6, 6.07) is 7.26. The Morgan fingerprint density at radius 3 is 2.62 bits per heavy atom. The summed E-state index contributed by atoms with van der Waals surface area (Å²) in [6.45, 7) is 1.86. The number of anilines is 1. The van der Waals surface area contributed by atoms with Gasteiger partial charge in [-0.3, -0.25) is 19.3 Å². The van der Waals surface area contributed by atoms with Gasteiger partial charge in [-0.15, -0.1) is 0 Å². The van der Waals surface area contributed by atoms with Crippen LogP contribution >= 0.6 is 0 Å². The summed E-state index contributed by atoms with van der Waals surface area (Å²) in [7, 11) is 0. The van der Waals surface area contributed by atoms with Crippen molar-refractivity contribution in [1.29, 1.82) is 0 Å². The topological polar surface area (TPSA) is 67.6 Å². The van der Waals surface area contributed by atoms with E-state index in [1.165, 1.54) is 4.90 Å². The zero-order valence-electron chi connectivity index (χ0n) is 13.3. The molecule has 122 valence electrons. The molecule has 0 spiro atoms. The minimum atomic E-state index is -0.445. The van der Waals surface area contributed by atoms with E-state index in [-0.39, 0.29) is 35.4 Å². The first-order chi connectivity index (χ1) is 11.5. The largest absolute Gasteiger partial charge is 0.461 e. The van der Waals surface area contributed by atoms with Crippen molar-refractivity contribution >= 4 is 34.3 Å². The fraction of sp³-hybridized carbons (Fsp3) is 0.421. The van der Waals surface area contributed by atoms with Crippen LogP contribution in [-0.2, 0) is 14.4 Å². The average Bonchev–Trinajstić information content (AvgIpc) is 3.05. The molecule has 2 bridgehead atoms. The molecule has 3 saturated carbocycles. The van der Waals surface area contributed by atoms with Gasteiger partial charge < -0.3 is 4.42 Å². The minimum Gasteiger partial charge on any atom is -0.461 e. The van der Waals surface area contributed by atoms with E-state index in [0.29, 0.717) is 12.1 Å². The lowest BCUT2D eigenvalue weighted by atomic mass is 9.59. The summed E-state index contributed by atoms with van der Waals surface area (Å²) >= 11 is 0. The molecule has 1 aliphatic heterocycles. The first-order valence-corrected chi connectivity index (χ1v) is 8.45. The van der Waals surface area contributed by atoms with E-state index >= 15 is 0 Å². The van der Waals surface area contributed by atoms with Crippen molar-refractivity contribution in [2.75, 3.05) is 4.90 Å². The van der Waals surface area contributed by atoms with E-state index < -0.39 is 5.92 Å². The second-order valence-electron chi connectivity index (χ2n) is 7.26. The van der Waals surface area contributed by atoms with Gasteiger partial charge >= 0.3 is 0 Å². The monoisotopic (exact) mass is 323 g/mol. The fourth-order valence-corrected chi connectivity index (χ4v) is 4.94. The number of hydrogen-bond acceptors (Lipinski definition) is 4. The summed E-state index contributed by atoms with van der Waals surface area (Å²) in [5, 5.41) is 0.875. The van der Waals surface area contributed by atoms with Crippen LogP contribution in [0.1, 0.15) is 25.0 Å². The summed E-state index contributed by atoms with van der Waals surface area (Å²) in [5.74, 6) is -0.362. The highest BCUT2D eigenvalue weighted by Gasteiger charge is 2.60. The van der Waals surface area contributed by atoms with E-state index in [4.69, 9.17) is 4.42 Å². The van der Waals surface area contributed by atoms with Gasteiger partial charge in [0.25, 0.3) is 0 Å². The van der Waals surface area contributed by atoms with Crippen LogP contribution in [0.3, 0.4) is 0 Å². The molecule has 5 heteroatoms. The molecule has 0 radical (unpaired) electrons. The lowest BCUT2D eigenvalue weighted by Crippen LogP contribution is -2.46. The van der Waals surface area contributed by atoms with Crippen LogP contribution in [0.4, 0.5) is 5.69 Å². The normalized spacial score (nSPS) is 32.0. The Labute approximate surface area is 138 Å². The van der Waals surface area contributed by atoms with Crippen LogP contribution in [0.15, 0.2) is 28.7 Å². The Morgan fingerprint density at radius 2 is 1.83 bits per heavy atom. The first kappa shape index (κ1) is 14.0. The maximum absolute atomic E-state index is 13.0. The summed E-state index contributed by atoms with van der Waals surface area (Å²) in [5.41, 5.74) is 1.32. The molecule has 1 aromatic heterocycles. The lowest BCUT2D eigenvalue weighted by molar-refractivity contribution is -0.143. The molecule has 0 unspecified atom stereocenters. The Bertz CT molecular complexity index is 911. The van der Waals surface area contributed by atoms with Gasteiger partial charge in [-0.2, -0.15) is 0 Å². The number of carbonyl (C=O) groups excluding carboxylic acids is 3. The highest BCUT2D eigenvalue weighted by atomic mass is 16.3. The minimum absolute atomic E-state index is 0.0360. The maximum Gasteiger partial charge on any atom is 0.238 e. The van der Waals surface area contributed by atoms with Gasteiger partial charge in [0.05, 0.1) is 17.5 Å². The Kier molecular flexibility index (Phi) is 2.65. The van der Waals surface area contributed by atoms with Gasteiger partial charge in [-0.25, -0.2) is 0 Å². The van der Waals surface area contributed by atoms with E-state index in [1.54, 1.807) is 12.1 Å². The molecule has 1 saturated heterocycles. The number of imide groups is 1. The average molecular weight is 323 g/mol. The number of rotatable bonds is 1. The molecule has 3 aliphatic carbocycles. The number of fused-ring (bicyclic) bond motifs is 3.